The number of amides is 1. The van der Waals surface area contributed by atoms with Gasteiger partial charge in [-0.25, -0.2) is 0 Å². The van der Waals surface area contributed by atoms with Crippen LogP contribution in [0.1, 0.15) is 32.6 Å². The molecule has 6 rings (SSSR count). The molecule has 37 heavy (non-hydrogen) atoms. The van der Waals surface area contributed by atoms with Gasteiger partial charge in [0.05, 0.1) is 6.10 Å². The van der Waals surface area contributed by atoms with Crippen LogP contribution >= 0.6 is 0 Å². The van der Waals surface area contributed by atoms with Crippen LogP contribution in [-0.4, -0.2) is 109 Å². The highest BCUT2D eigenvalue weighted by Gasteiger charge is 2.29. The van der Waals surface area contributed by atoms with Gasteiger partial charge in [-0.2, -0.15) is 0 Å². The second-order valence-corrected chi connectivity index (χ2v) is 11.7. The van der Waals surface area contributed by atoms with Gasteiger partial charge in [0.1, 0.15) is 0 Å². The molecule has 1 atom stereocenters. The zero-order valence-corrected chi connectivity index (χ0v) is 22.5. The molecule has 2 aromatic rings. The molecule has 7 nitrogen and oxygen atoms in total. The topological polar surface area (TPSA) is 76.3 Å². The summed E-state index contributed by atoms with van der Waals surface area (Å²) in [6, 6.07) is 15.5. The van der Waals surface area contributed by atoms with E-state index in [9.17, 15) is 9.90 Å². The number of nitrogens with two attached hydrogens (primary N) is 1. The molecule has 7 heteroatoms. The molecule has 2 fully saturated rings. The van der Waals surface area contributed by atoms with Gasteiger partial charge in [-0.15, -0.1) is 0 Å². The van der Waals surface area contributed by atoms with Crippen molar-refractivity contribution in [3.8, 4) is 0 Å². The lowest BCUT2D eigenvalue weighted by atomic mass is 9.89. The lowest BCUT2D eigenvalue weighted by Gasteiger charge is -2.36. The minimum atomic E-state index is -0.524. The smallest absolute Gasteiger partial charge is 0.254 e. The van der Waals surface area contributed by atoms with Crippen molar-refractivity contribution in [2.24, 2.45) is 11.7 Å². The fourth-order valence-electron chi connectivity index (χ4n) is 6.23. The van der Waals surface area contributed by atoms with E-state index in [2.05, 4.69) is 71.3 Å². The highest BCUT2D eigenvalue weighted by Crippen LogP contribution is 2.25. The standard InChI is InChI=1S/C26H33N3O2.C4H10N2/c1-27-14-20(15-27)12-19-6-7-22-9-11-29(26(31)25(22)13-19)18-24(30)17-28-10-8-21-4-2-3-5-23(21)16-28;1-6-2-4(5)3-6/h2-7,13,20,24,30H,8-12,14-18H2,1H3;4H,2-3,5H2,1H3/t24-;/m0./s1. The van der Waals surface area contributed by atoms with Crippen molar-refractivity contribution in [1.82, 2.24) is 19.6 Å². The largest absolute Gasteiger partial charge is 0.390 e. The predicted octanol–water partition coefficient (Wildman–Crippen LogP) is 1.47. The quantitative estimate of drug-likeness (QED) is 0.619. The molecule has 4 heterocycles. The van der Waals surface area contributed by atoms with E-state index in [-0.39, 0.29) is 5.91 Å². The van der Waals surface area contributed by atoms with E-state index in [4.69, 9.17) is 5.73 Å². The molecule has 3 N–H and O–H groups in total. The molecule has 0 unspecified atom stereocenters. The summed E-state index contributed by atoms with van der Waals surface area (Å²) in [6.45, 7) is 8.01. The number of nitrogens with zero attached hydrogens (tertiary/aromatic N) is 4. The van der Waals surface area contributed by atoms with Crippen molar-refractivity contribution in [2.45, 2.75) is 38.0 Å². The Morgan fingerprint density at radius 2 is 1.62 bits per heavy atom. The molecule has 0 spiro atoms. The predicted molar refractivity (Wildman–Crippen MR) is 148 cm³/mol. The maximum Gasteiger partial charge on any atom is 0.254 e. The fraction of sp³-hybridized carbons (Fsp3) is 0.567. The van der Waals surface area contributed by atoms with E-state index >= 15 is 0 Å². The molecular formula is C30H43N5O2. The van der Waals surface area contributed by atoms with Crippen LogP contribution in [-0.2, 0) is 25.8 Å². The Hall–Kier alpha value is -2.29. The van der Waals surface area contributed by atoms with Gasteiger partial charge in [0.25, 0.3) is 5.91 Å². The van der Waals surface area contributed by atoms with Crippen LogP contribution in [0.5, 0.6) is 0 Å². The Bertz CT molecular complexity index is 1070. The summed E-state index contributed by atoms with van der Waals surface area (Å²) in [5.41, 5.74) is 11.5. The van der Waals surface area contributed by atoms with Gasteiger partial charge in [-0.3, -0.25) is 9.69 Å². The van der Waals surface area contributed by atoms with Gasteiger partial charge < -0.3 is 25.5 Å². The molecule has 1 amide bonds. The van der Waals surface area contributed by atoms with E-state index < -0.39 is 6.10 Å². The molecule has 2 saturated heterocycles. The first kappa shape index (κ1) is 26.3. The van der Waals surface area contributed by atoms with Crippen molar-refractivity contribution in [3.05, 3.63) is 70.3 Å². The molecule has 0 aliphatic carbocycles. The van der Waals surface area contributed by atoms with Crippen molar-refractivity contribution >= 4 is 5.91 Å². The fourth-order valence-corrected chi connectivity index (χ4v) is 6.23. The lowest BCUT2D eigenvalue weighted by molar-refractivity contribution is 0.0492. The number of carbonyl (C=O) groups is 1. The van der Waals surface area contributed by atoms with Crippen LogP contribution in [0.15, 0.2) is 42.5 Å². The van der Waals surface area contributed by atoms with Crippen LogP contribution in [0.4, 0.5) is 0 Å². The molecular weight excluding hydrogens is 462 g/mol. The van der Waals surface area contributed by atoms with Crippen molar-refractivity contribution in [2.75, 3.05) is 66.5 Å². The molecule has 200 valence electrons. The Balaban J connectivity index is 0.000000412. The Morgan fingerprint density at radius 1 is 0.919 bits per heavy atom. The average molecular weight is 506 g/mol. The number of rotatable bonds is 6. The summed E-state index contributed by atoms with van der Waals surface area (Å²) in [4.78, 5) is 21.9. The maximum atomic E-state index is 13.2. The van der Waals surface area contributed by atoms with E-state index in [0.717, 1.165) is 69.7 Å². The van der Waals surface area contributed by atoms with Gasteiger partial charge in [0.2, 0.25) is 0 Å². The number of fused-ring (bicyclic) bond motifs is 2. The van der Waals surface area contributed by atoms with E-state index in [1.54, 1.807) is 0 Å². The normalized spacial score (nSPS) is 21.8. The van der Waals surface area contributed by atoms with Crippen LogP contribution in [0.3, 0.4) is 0 Å². The molecule has 4 aliphatic heterocycles. The monoisotopic (exact) mass is 505 g/mol. The van der Waals surface area contributed by atoms with Gasteiger partial charge in [0, 0.05) is 70.5 Å². The molecule has 4 aliphatic rings. The molecule has 0 aromatic heterocycles. The Kier molecular flexibility index (Phi) is 8.27. The van der Waals surface area contributed by atoms with Crippen molar-refractivity contribution < 1.29 is 9.90 Å². The second-order valence-electron chi connectivity index (χ2n) is 11.7. The summed E-state index contributed by atoms with van der Waals surface area (Å²) >= 11 is 0. The Morgan fingerprint density at radius 3 is 2.30 bits per heavy atom. The van der Waals surface area contributed by atoms with Crippen LogP contribution < -0.4 is 5.73 Å². The summed E-state index contributed by atoms with van der Waals surface area (Å²) in [5, 5.41) is 10.8. The van der Waals surface area contributed by atoms with Crippen LogP contribution in [0.25, 0.3) is 0 Å². The van der Waals surface area contributed by atoms with E-state index in [0.29, 0.717) is 31.6 Å². The van der Waals surface area contributed by atoms with Gasteiger partial charge in [-0.05, 0) is 67.6 Å². The van der Waals surface area contributed by atoms with Crippen molar-refractivity contribution in [1.29, 1.82) is 0 Å². The number of hydrogen-bond acceptors (Lipinski definition) is 6. The second kappa shape index (κ2) is 11.6. The number of likely N-dealkylation sites (N-methyl/N-ethyl adjacent to an activating group) is 1. The maximum absolute atomic E-state index is 13.2. The lowest BCUT2D eigenvalue weighted by Crippen LogP contribution is -2.53. The number of aliphatic hydroxyl groups is 1. The molecule has 0 saturated carbocycles. The van der Waals surface area contributed by atoms with Gasteiger partial charge >= 0.3 is 0 Å². The first-order valence-electron chi connectivity index (χ1n) is 13.8. The summed E-state index contributed by atoms with van der Waals surface area (Å²) in [6.07, 6.45) is 2.42. The highest BCUT2D eigenvalue weighted by molar-refractivity contribution is 5.97. The number of hydrogen-bond donors (Lipinski definition) is 2. The van der Waals surface area contributed by atoms with Gasteiger partial charge in [-0.1, -0.05) is 36.4 Å². The third kappa shape index (κ3) is 6.59. The zero-order valence-electron chi connectivity index (χ0n) is 22.5. The zero-order chi connectivity index (χ0) is 25.9. The number of carbonyl (C=O) groups excluding carboxylic acids is 1. The molecule has 2 aromatic carbocycles. The number of β-amino-alcohol motifs (C(OH)–C–C–N with tert-alkyl or cyclic N) is 1. The first-order valence-corrected chi connectivity index (χ1v) is 13.8. The minimum absolute atomic E-state index is 0.0804. The average Bonchev–Trinajstić information content (AvgIpc) is 2.85. The summed E-state index contributed by atoms with van der Waals surface area (Å²) in [7, 11) is 4.22. The first-order chi connectivity index (χ1) is 17.8. The highest BCUT2D eigenvalue weighted by atomic mass is 16.3. The molecule has 0 radical (unpaired) electrons. The van der Waals surface area contributed by atoms with Crippen LogP contribution in [0, 0.1) is 5.92 Å². The van der Waals surface area contributed by atoms with E-state index in [1.807, 2.05) is 4.90 Å². The summed E-state index contributed by atoms with van der Waals surface area (Å²) in [5.74, 6) is 0.784. The van der Waals surface area contributed by atoms with Crippen LogP contribution in [0.2, 0.25) is 0 Å². The summed E-state index contributed by atoms with van der Waals surface area (Å²) < 4.78 is 0. The van der Waals surface area contributed by atoms with Crippen molar-refractivity contribution in [3.63, 3.8) is 0 Å². The SMILES string of the molecule is CN1CC(Cc2ccc3c(c2)C(=O)N(C[C@@H](O)CN2CCc4ccccc4C2)CC3)C1.CN1CC(N)C1. The number of likely N-dealkylation sites (tertiary alicyclic amines) is 2. The minimum Gasteiger partial charge on any atom is -0.390 e. The third-order valence-electron chi connectivity index (χ3n) is 8.21. The number of aliphatic hydroxyl groups excluding tert-OH is 1. The molecule has 0 bridgehead atoms. The van der Waals surface area contributed by atoms with E-state index in [1.165, 1.54) is 16.7 Å². The third-order valence-corrected chi connectivity index (χ3v) is 8.21. The Labute approximate surface area is 221 Å². The number of benzene rings is 2. The van der Waals surface area contributed by atoms with Gasteiger partial charge in [0.15, 0.2) is 0 Å².